The van der Waals surface area contributed by atoms with Gasteiger partial charge in [0, 0.05) is 26.2 Å². The maximum atomic E-state index is 11.8. The fourth-order valence-corrected chi connectivity index (χ4v) is 2.04. The number of piperazine rings is 1. The molecule has 0 aliphatic carbocycles. The fourth-order valence-electron chi connectivity index (χ4n) is 2.04. The first-order chi connectivity index (χ1) is 8.26. The Kier molecular flexibility index (Phi) is 3.41. The number of aromatic nitrogens is 2. The Hall–Kier alpha value is -1.85. The van der Waals surface area contributed by atoms with Gasteiger partial charge in [-0.15, -0.1) is 0 Å². The van der Waals surface area contributed by atoms with Crippen molar-refractivity contribution in [2.45, 2.75) is 19.4 Å². The lowest BCUT2D eigenvalue weighted by atomic mass is 10.1. The zero-order valence-electron chi connectivity index (χ0n) is 10.1. The van der Waals surface area contributed by atoms with Crippen LogP contribution in [0.25, 0.3) is 0 Å². The standard InChI is InChI=1S/C11H17N5O/c1-3-8-11(17)13-4-5-16(8)10-6-9(12-2)14-7-15-10/h6-8H,3-5H2,1-2H3,(H,13,17)(H,12,14,15). The van der Waals surface area contributed by atoms with E-state index in [0.717, 1.165) is 24.6 Å². The minimum absolute atomic E-state index is 0.0726. The first-order valence-electron chi connectivity index (χ1n) is 5.80. The number of hydrogen-bond acceptors (Lipinski definition) is 5. The highest BCUT2D eigenvalue weighted by molar-refractivity contribution is 5.86. The number of anilines is 2. The van der Waals surface area contributed by atoms with E-state index in [0.29, 0.717) is 6.54 Å². The second kappa shape index (κ2) is 4.99. The lowest BCUT2D eigenvalue weighted by molar-refractivity contribution is -0.123. The van der Waals surface area contributed by atoms with E-state index in [9.17, 15) is 4.79 Å². The molecule has 1 aromatic heterocycles. The average Bonchev–Trinajstić information content (AvgIpc) is 2.38. The quantitative estimate of drug-likeness (QED) is 0.785. The molecule has 1 aromatic rings. The van der Waals surface area contributed by atoms with Gasteiger partial charge in [0.15, 0.2) is 0 Å². The number of nitrogens with one attached hydrogen (secondary N) is 2. The Morgan fingerprint density at radius 2 is 2.41 bits per heavy atom. The van der Waals surface area contributed by atoms with Gasteiger partial charge >= 0.3 is 0 Å². The van der Waals surface area contributed by atoms with Crippen LogP contribution in [0.1, 0.15) is 13.3 Å². The Balaban J connectivity index is 2.27. The van der Waals surface area contributed by atoms with Crippen molar-refractivity contribution in [2.75, 3.05) is 30.4 Å². The normalized spacial score (nSPS) is 20.0. The van der Waals surface area contributed by atoms with Crippen molar-refractivity contribution in [1.82, 2.24) is 15.3 Å². The molecule has 1 aliphatic heterocycles. The van der Waals surface area contributed by atoms with Gasteiger partial charge in [0.05, 0.1) is 0 Å². The van der Waals surface area contributed by atoms with Gasteiger partial charge in [-0.25, -0.2) is 9.97 Å². The average molecular weight is 235 g/mol. The van der Waals surface area contributed by atoms with Crippen molar-refractivity contribution in [3.05, 3.63) is 12.4 Å². The van der Waals surface area contributed by atoms with E-state index < -0.39 is 0 Å². The molecule has 2 N–H and O–H groups in total. The molecule has 6 nitrogen and oxygen atoms in total. The molecule has 0 spiro atoms. The zero-order chi connectivity index (χ0) is 12.3. The van der Waals surface area contributed by atoms with Crippen molar-refractivity contribution >= 4 is 17.5 Å². The van der Waals surface area contributed by atoms with E-state index in [-0.39, 0.29) is 11.9 Å². The second-order valence-corrected chi connectivity index (χ2v) is 3.92. The van der Waals surface area contributed by atoms with E-state index in [1.807, 2.05) is 24.9 Å². The second-order valence-electron chi connectivity index (χ2n) is 3.92. The van der Waals surface area contributed by atoms with Crippen LogP contribution in [0.2, 0.25) is 0 Å². The third-order valence-electron chi connectivity index (χ3n) is 2.92. The number of carbonyl (C=O) groups is 1. The fraction of sp³-hybridized carbons (Fsp3) is 0.545. The van der Waals surface area contributed by atoms with Gasteiger partial charge < -0.3 is 15.5 Å². The van der Waals surface area contributed by atoms with Gasteiger partial charge in [0.1, 0.15) is 24.0 Å². The molecular formula is C11H17N5O. The third kappa shape index (κ3) is 2.30. The smallest absolute Gasteiger partial charge is 0.242 e. The molecule has 6 heteroatoms. The molecule has 1 aliphatic rings. The predicted octanol–water partition coefficient (Wildman–Crippen LogP) is 0.233. The molecule has 2 rings (SSSR count). The molecule has 0 aromatic carbocycles. The molecule has 1 saturated heterocycles. The molecular weight excluding hydrogens is 218 g/mol. The largest absolute Gasteiger partial charge is 0.373 e. The van der Waals surface area contributed by atoms with Gasteiger partial charge in [0.25, 0.3) is 0 Å². The summed E-state index contributed by atoms with van der Waals surface area (Å²) in [6.45, 7) is 3.45. The van der Waals surface area contributed by atoms with Crippen molar-refractivity contribution in [3.63, 3.8) is 0 Å². The van der Waals surface area contributed by atoms with E-state index in [2.05, 4.69) is 20.6 Å². The molecule has 17 heavy (non-hydrogen) atoms. The third-order valence-corrected chi connectivity index (χ3v) is 2.92. The van der Waals surface area contributed by atoms with Gasteiger partial charge in [-0.05, 0) is 6.42 Å². The molecule has 92 valence electrons. The van der Waals surface area contributed by atoms with Crippen molar-refractivity contribution in [3.8, 4) is 0 Å². The van der Waals surface area contributed by atoms with Crippen molar-refractivity contribution < 1.29 is 4.79 Å². The Bertz CT molecular complexity index is 409. The summed E-state index contributed by atoms with van der Waals surface area (Å²) < 4.78 is 0. The van der Waals surface area contributed by atoms with E-state index in [1.165, 1.54) is 6.33 Å². The highest BCUT2D eigenvalue weighted by Crippen LogP contribution is 2.19. The first-order valence-corrected chi connectivity index (χ1v) is 5.80. The Labute approximate surface area is 100 Å². The van der Waals surface area contributed by atoms with Crippen LogP contribution in [0.3, 0.4) is 0 Å². The summed E-state index contributed by atoms with van der Waals surface area (Å²) >= 11 is 0. The summed E-state index contributed by atoms with van der Waals surface area (Å²) in [6.07, 6.45) is 2.28. The Morgan fingerprint density at radius 3 is 3.12 bits per heavy atom. The van der Waals surface area contributed by atoms with Gasteiger partial charge in [-0.3, -0.25) is 4.79 Å². The first kappa shape index (κ1) is 11.6. The minimum Gasteiger partial charge on any atom is -0.373 e. The van der Waals surface area contributed by atoms with Gasteiger partial charge in [-0.2, -0.15) is 0 Å². The number of rotatable bonds is 3. The zero-order valence-corrected chi connectivity index (χ0v) is 10.1. The maximum Gasteiger partial charge on any atom is 0.242 e. The summed E-state index contributed by atoms with van der Waals surface area (Å²) in [6, 6.07) is 1.73. The summed E-state index contributed by atoms with van der Waals surface area (Å²) in [5.74, 6) is 1.63. The summed E-state index contributed by atoms with van der Waals surface area (Å²) in [5, 5.41) is 5.84. The van der Waals surface area contributed by atoms with Crippen LogP contribution >= 0.6 is 0 Å². The number of nitrogens with zero attached hydrogens (tertiary/aromatic N) is 3. The van der Waals surface area contributed by atoms with Crippen LogP contribution < -0.4 is 15.5 Å². The molecule has 1 amide bonds. The molecule has 1 fully saturated rings. The molecule has 1 unspecified atom stereocenters. The van der Waals surface area contributed by atoms with E-state index in [1.54, 1.807) is 0 Å². The Morgan fingerprint density at radius 1 is 1.59 bits per heavy atom. The monoisotopic (exact) mass is 235 g/mol. The maximum absolute atomic E-state index is 11.8. The molecule has 0 bridgehead atoms. The lowest BCUT2D eigenvalue weighted by Gasteiger charge is -2.35. The van der Waals surface area contributed by atoms with Crippen LogP contribution in [0.4, 0.5) is 11.6 Å². The van der Waals surface area contributed by atoms with Crippen LogP contribution in [0.15, 0.2) is 12.4 Å². The molecule has 0 radical (unpaired) electrons. The summed E-state index contributed by atoms with van der Waals surface area (Å²) in [5.41, 5.74) is 0. The van der Waals surface area contributed by atoms with Gasteiger partial charge in [-0.1, -0.05) is 6.92 Å². The number of hydrogen-bond donors (Lipinski definition) is 2. The van der Waals surface area contributed by atoms with Crippen molar-refractivity contribution in [2.24, 2.45) is 0 Å². The van der Waals surface area contributed by atoms with Crippen LogP contribution in [0.5, 0.6) is 0 Å². The van der Waals surface area contributed by atoms with E-state index >= 15 is 0 Å². The van der Waals surface area contributed by atoms with Gasteiger partial charge in [0.2, 0.25) is 5.91 Å². The van der Waals surface area contributed by atoms with Crippen LogP contribution in [-0.4, -0.2) is 42.1 Å². The van der Waals surface area contributed by atoms with E-state index in [4.69, 9.17) is 0 Å². The summed E-state index contributed by atoms with van der Waals surface area (Å²) in [4.78, 5) is 22.1. The topological polar surface area (TPSA) is 70.2 Å². The lowest BCUT2D eigenvalue weighted by Crippen LogP contribution is -2.55. The molecule has 1 atom stereocenters. The SMILES string of the molecule is CCC1C(=O)NCCN1c1cc(NC)ncn1. The molecule has 2 heterocycles. The summed E-state index contributed by atoms with van der Waals surface area (Å²) in [7, 11) is 1.81. The van der Waals surface area contributed by atoms with Crippen LogP contribution in [0, 0.1) is 0 Å². The highest BCUT2D eigenvalue weighted by Gasteiger charge is 2.28. The van der Waals surface area contributed by atoms with Crippen LogP contribution in [-0.2, 0) is 4.79 Å². The number of carbonyl (C=O) groups excluding carboxylic acids is 1. The van der Waals surface area contributed by atoms with Crippen molar-refractivity contribution in [1.29, 1.82) is 0 Å². The molecule has 0 saturated carbocycles. The highest BCUT2D eigenvalue weighted by atomic mass is 16.2. The minimum atomic E-state index is -0.136. The number of amides is 1. The predicted molar refractivity (Wildman–Crippen MR) is 66.0 cm³/mol.